The zero-order valence-corrected chi connectivity index (χ0v) is 16.4. The number of carbonyl (C=O) groups is 1. The van der Waals surface area contributed by atoms with E-state index < -0.39 is 0 Å². The number of ether oxygens (including phenoxy) is 1. The molecule has 0 bridgehead atoms. The molecule has 3 aromatic rings. The van der Waals surface area contributed by atoms with Crippen LogP contribution in [-0.4, -0.2) is 27.6 Å². The van der Waals surface area contributed by atoms with Crippen molar-refractivity contribution in [2.24, 2.45) is 5.92 Å². The van der Waals surface area contributed by atoms with Gasteiger partial charge in [0.2, 0.25) is 5.89 Å². The van der Waals surface area contributed by atoms with Gasteiger partial charge in [0.25, 0.3) is 5.91 Å². The summed E-state index contributed by atoms with van der Waals surface area (Å²) in [6, 6.07) is 6.74. The number of carbonyl (C=O) groups excluding carboxylic acids is 1. The van der Waals surface area contributed by atoms with Crippen molar-refractivity contribution in [3.63, 3.8) is 0 Å². The highest BCUT2D eigenvalue weighted by molar-refractivity contribution is 6.35. The molecule has 1 fully saturated rings. The smallest absolute Gasteiger partial charge is 0.258 e. The fourth-order valence-electron chi connectivity index (χ4n) is 2.98. The van der Waals surface area contributed by atoms with Crippen LogP contribution in [0.25, 0.3) is 10.9 Å². The van der Waals surface area contributed by atoms with Crippen LogP contribution in [0.2, 0.25) is 5.02 Å². The molecular weight excluding hydrogens is 380 g/mol. The Morgan fingerprint density at radius 3 is 2.93 bits per heavy atom. The number of benzene rings is 1. The Kier molecular flexibility index (Phi) is 5.17. The number of nitrogens with zero attached hydrogens (tertiary/aromatic N) is 3. The van der Waals surface area contributed by atoms with E-state index in [0.29, 0.717) is 28.1 Å². The van der Waals surface area contributed by atoms with Crippen LogP contribution in [0.1, 0.15) is 50.4 Å². The summed E-state index contributed by atoms with van der Waals surface area (Å²) in [5.41, 5.74) is 0.620. The quantitative estimate of drug-likeness (QED) is 0.643. The highest BCUT2D eigenvalue weighted by Gasteiger charge is 2.31. The fraction of sp³-hybridized carbons (Fsp3) is 0.400. The maximum atomic E-state index is 12.5. The predicted octanol–water partition coefficient (Wildman–Crippen LogP) is 4.04. The number of hydrogen-bond donors (Lipinski definition) is 1. The maximum absolute atomic E-state index is 12.5. The van der Waals surface area contributed by atoms with Gasteiger partial charge in [0, 0.05) is 17.5 Å². The third kappa shape index (κ3) is 3.94. The van der Waals surface area contributed by atoms with Crippen molar-refractivity contribution in [3.8, 4) is 5.75 Å². The lowest BCUT2D eigenvalue weighted by atomic mass is 10.0. The highest BCUT2D eigenvalue weighted by Crippen LogP contribution is 2.38. The summed E-state index contributed by atoms with van der Waals surface area (Å²) >= 11 is 6.19. The molecule has 28 heavy (non-hydrogen) atoms. The van der Waals surface area contributed by atoms with E-state index in [1.165, 1.54) is 0 Å². The summed E-state index contributed by atoms with van der Waals surface area (Å²) in [4.78, 5) is 21.3. The van der Waals surface area contributed by atoms with E-state index >= 15 is 0 Å². The molecule has 1 aliphatic rings. The SMILES string of the molecule is CC(C)C(NC(=O)COc1ccc(Cl)c2cccnc12)c1nc(C2CC2)no1. The Labute approximate surface area is 167 Å². The standard InChI is InChI=1S/C20H21ClN4O3/c1-11(2)17(20-24-19(25-28-20)12-5-6-12)23-16(26)10-27-15-8-7-14(21)13-4-3-9-22-18(13)15/h3-4,7-9,11-12,17H,5-6,10H2,1-2H3,(H,23,26). The average Bonchev–Trinajstić information content (AvgIpc) is 3.43. The molecule has 1 amide bonds. The first-order chi connectivity index (χ1) is 13.5. The number of amides is 1. The number of pyridine rings is 1. The van der Waals surface area contributed by atoms with Crippen LogP contribution in [0.3, 0.4) is 0 Å². The molecule has 146 valence electrons. The van der Waals surface area contributed by atoms with Gasteiger partial charge in [-0.05, 0) is 43.0 Å². The van der Waals surface area contributed by atoms with Gasteiger partial charge in [-0.1, -0.05) is 30.6 Å². The normalized spacial score (nSPS) is 15.0. The van der Waals surface area contributed by atoms with Crippen molar-refractivity contribution in [1.29, 1.82) is 0 Å². The number of aromatic nitrogens is 3. The van der Waals surface area contributed by atoms with E-state index in [-0.39, 0.29) is 24.5 Å². The molecule has 0 radical (unpaired) electrons. The lowest BCUT2D eigenvalue weighted by molar-refractivity contribution is -0.124. The number of halogens is 1. The van der Waals surface area contributed by atoms with Crippen molar-refractivity contribution in [3.05, 3.63) is 47.2 Å². The molecule has 0 spiro atoms. The van der Waals surface area contributed by atoms with Crippen LogP contribution in [0.4, 0.5) is 0 Å². The molecule has 8 heteroatoms. The monoisotopic (exact) mass is 400 g/mol. The molecule has 1 aliphatic carbocycles. The van der Waals surface area contributed by atoms with E-state index in [0.717, 1.165) is 24.1 Å². The summed E-state index contributed by atoms with van der Waals surface area (Å²) in [7, 11) is 0. The van der Waals surface area contributed by atoms with Gasteiger partial charge >= 0.3 is 0 Å². The van der Waals surface area contributed by atoms with Crippen LogP contribution in [0, 0.1) is 5.92 Å². The highest BCUT2D eigenvalue weighted by atomic mass is 35.5. The summed E-state index contributed by atoms with van der Waals surface area (Å²) in [5, 5.41) is 8.33. The van der Waals surface area contributed by atoms with Crippen LogP contribution in [0.15, 0.2) is 35.0 Å². The zero-order chi connectivity index (χ0) is 19.7. The molecule has 0 aliphatic heterocycles. The number of rotatable bonds is 7. The molecule has 1 N–H and O–H groups in total. The number of hydrogen-bond acceptors (Lipinski definition) is 6. The molecule has 0 saturated heterocycles. The van der Waals surface area contributed by atoms with E-state index in [9.17, 15) is 4.79 Å². The third-order valence-electron chi connectivity index (χ3n) is 4.69. The second kappa shape index (κ2) is 7.75. The van der Waals surface area contributed by atoms with Gasteiger partial charge in [-0.3, -0.25) is 9.78 Å². The number of nitrogens with one attached hydrogen (secondary N) is 1. The van der Waals surface area contributed by atoms with Crippen LogP contribution >= 0.6 is 11.6 Å². The maximum Gasteiger partial charge on any atom is 0.258 e. The molecule has 2 aromatic heterocycles. The Morgan fingerprint density at radius 1 is 1.36 bits per heavy atom. The summed E-state index contributed by atoms with van der Waals surface area (Å²) in [6.45, 7) is 3.83. The summed E-state index contributed by atoms with van der Waals surface area (Å²) < 4.78 is 11.1. The van der Waals surface area contributed by atoms with Gasteiger partial charge in [0.05, 0.1) is 5.02 Å². The largest absolute Gasteiger partial charge is 0.481 e. The van der Waals surface area contributed by atoms with Crippen LogP contribution < -0.4 is 10.1 Å². The lowest BCUT2D eigenvalue weighted by Crippen LogP contribution is -2.35. The zero-order valence-electron chi connectivity index (χ0n) is 15.7. The first-order valence-electron chi connectivity index (χ1n) is 9.32. The summed E-state index contributed by atoms with van der Waals surface area (Å²) in [5.74, 6) is 1.88. The lowest BCUT2D eigenvalue weighted by Gasteiger charge is -2.18. The van der Waals surface area contributed by atoms with Crippen molar-refractivity contribution in [2.45, 2.75) is 38.6 Å². The molecule has 1 saturated carbocycles. The first-order valence-corrected chi connectivity index (χ1v) is 9.69. The van der Waals surface area contributed by atoms with Gasteiger partial charge in [-0.15, -0.1) is 0 Å². The second-order valence-electron chi connectivity index (χ2n) is 7.29. The predicted molar refractivity (Wildman–Crippen MR) is 104 cm³/mol. The van der Waals surface area contributed by atoms with E-state index in [2.05, 4.69) is 20.4 Å². The van der Waals surface area contributed by atoms with Crippen molar-refractivity contribution < 1.29 is 14.1 Å². The summed E-state index contributed by atoms with van der Waals surface area (Å²) in [6.07, 6.45) is 3.84. The minimum atomic E-state index is -0.365. The molecule has 2 heterocycles. The minimum absolute atomic E-state index is 0.0921. The Bertz CT molecular complexity index is 1000. The van der Waals surface area contributed by atoms with E-state index in [1.807, 2.05) is 19.9 Å². The molecule has 1 atom stereocenters. The van der Waals surface area contributed by atoms with Crippen molar-refractivity contribution in [1.82, 2.24) is 20.4 Å². The van der Waals surface area contributed by atoms with Crippen molar-refractivity contribution in [2.75, 3.05) is 6.61 Å². The van der Waals surface area contributed by atoms with Gasteiger partial charge in [-0.25, -0.2) is 0 Å². The van der Waals surface area contributed by atoms with Crippen LogP contribution in [-0.2, 0) is 4.79 Å². The number of fused-ring (bicyclic) bond motifs is 1. The Morgan fingerprint density at radius 2 is 2.18 bits per heavy atom. The molecular formula is C20H21ClN4O3. The van der Waals surface area contributed by atoms with Crippen LogP contribution in [0.5, 0.6) is 5.75 Å². The van der Waals surface area contributed by atoms with Gasteiger partial charge in [0.15, 0.2) is 12.4 Å². The molecule has 1 unspecified atom stereocenters. The Balaban J connectivity index is 1.43. The van der Waals surface area contributed by atoms with E-state index in [4.69, 9.17) is 20.9 Å². The Hall–Kier alpha value is -2.67. The van der Waals surface area contributed by atoms with Gasteiger partial charge < -0.3 is 14.6 Å². The van der Waals surface area contributed by atoms with Crippen molar-refractivity contribution >= 4 is 28.4 Å². The van der Waals surface area contributed by atoms with Gasteiger partial charge in [0.1, 0.15) is 17.3 Å². The minimum Gasteiger partial charge on any atom is -0.481 e. The average molecular weight is 401 g/mol. The fourth-order valence-corrected chi connectivity index (χ4v) is 3.20. The molecule has 4 rings (SSSR count). The molecule has 7 nitrogen and oxygen atoms in total. The second-order valence-corrected chi connectivity index (χ2v) is 7.70. The molecule has 1 aromatic carbocycles. The third-order valence-corrected chi connectivity index (χ3v) is 5.02. The first kappa shape index (κ1) is 18.7. The topological polar surface area (TPSA) is 90.1 Å². The van der Waals surface area contributed by atoms with Gasteiger partial charge in [-0.2, -0.15) is 4.98 Å². The van der Waals surface area contributed by atoms with E-state index in [1.54, 1.807) is 24.4 Å².